The molecule has 0 unspecified atom stereocenters. The van der Waals surface area contributed by atoms with E-state index in [1.165, 1.54) is 11.3 Å². The van der Waals surface area contributed by atoms with Crippen molar-refractivity contribution in [3.05, 3.63) is 29.3 Å². The normalized spacial score (nSPS) is 16.2. The van der Waals surface area contributed by atoms with Crippen molar-refractivity contribution in [2.24, 2.45) is 0 Å². The van der Waals surface area contributed by atoms with E-state index in [1.54, 1.807) is 13.2 Å². The molecule has 1 aliphatic heterocycles. The number of hydrogen-bond donors (Lipinski definition) is 2. The third kappa shape index (κ3) is 4.04. The molecule has 0 bridgehead atoms. The summed E-state index contributed by atoms with van der Waals surface area (Å²) in [7, 11) is 1.57. The van der Waals surface area contributed by atoms with Crippen molar-refractivity contribution in [3.63, 3.8) is 0 Å². The second-order valence-electron chi connectivity index (χ2n) is 5.33. The summed E-state index contributed by atoms with van der Waals surface area (Å²) in [4.78, 5) is 12.6. The second kappa shape index (κ2) is 8.22. The van der Waals surface area contributed by atoms with Gasteiger partial charge >= 0.3 is 0 Å². The Bertz CT molecular complexity index is 704. The number of nitrogens with one attached hydrogen (secondary N) is 2. The Morgan fingerprint density at radius 2 is 2.12 bits per heavy atom. The molecule has 6 nitrogen and oxygen atoms in total. The number of amides is 1. The van der Waals surface area contributed by atoms with E-state index in [1.807, 2.05) is 18.2 Å². The van der Waals surface area contributed by atoms with Crippen LogP contribution in [0.3, 0.4) is 0 Å². The maximum Gasteiger partial charge on any atom is 0.258 e. The molecular formula is C15H18Cl2N4O2S. The van der Waals surface area contributed by atoms with E-state index in [0.717, 1.165) is 18.7 Å². The largest absolute Gasteiger partial charge is 0.368 e. The monoisotopic (exact) mass is 388 g/mol. The third-order valence-electron chi connectivity index (χ3n) is 3.93. The number of methoxy groups -OCH3 is 1. The minimum Gasteiger partial charge on any atom is -0.368 e. The average molecular weight is 389 g/mol. The maximum absolute atomic E-state index is 12.6. The summed E-state index contributed by atoms with van der Waals surface area (Å²) in [6.07, 6.45) is 1.27. The molecule has 2 aromatic rings. The van der Waals surface area contributed by atoms with E-state index in [2.05, 4.69) is 20.8 Å². The van der Waals surface area contributed by atoms with Gasteiger partial charge in [0.15, 0.2) is 0 Å². The van der Waals surface area contributed by atoms with Gasteiger partial charge < -0.3 is 10.1 Å². The lowest BCUT2D eigenvalue weighted by atomic mass is 9.91. The van der Waals surface area contributed by atoms with Crippen molar-refractivity contribution in [3.8, 4) is 10.6 Å². The number of piperidine rings is 1. The first-order valence-electron chi connectivity index (χ1n) is 7.30. The fourth-order valence-electron chi connectivity index (χ4n) is 2.58. The van der Waals surface area contributed by atoms with E-state index < -0.39 is 5.60 Å². The van der Waals surface area contributed by atoms with Crippen LogP contribution in [0.4, 0.5) is 5.13 Å². The van der Waals surface area contributed by atoms with E-state index in [4.69, 9.17) is 16.3 Å². The quantitative estimate of drug-likeness (QED) is 0.841. The number of nitrogens with zero attached hydrogens (tertiary/aromatic N) is 2. The molecule has 3 rings (SSSR count). The number of rotatable bonds is 4. The Kier molecular flexibility index (Phi) is 6.54. The maximum atomic E-state index is 12.6. The SMILES string of the molecule is COC1(C(=O)Nc2nnc(-c3cccc(Cl)c3)s2)CCNCC1.Cl. The molecule has 1 aromatic heterocycles. The molecule has 0 radical (unpaired) electrons. The summed E-state index contributed by atoms with van der Waals surface area (Å²) < 4.78 is 5.51. The lowest BCUT2D eigenvalue weighted by Gasteiger charge is -2.34. The molecular weight excluding hydrogens is 371 g/mol. The number of hydrogen-bond acceptors (Lipinski definition) is 6. The lowest BCUT2D eigenvalue weighted by molar-refractivity contribution is -0.140. The highest BCUT2D eigenvalue weighted by Crippen LogP contribution is 2.30. The van der Waals surface area contributed by atoms with Crippen LogP contribution in [0.25, 0.3) is 10.6 Å². The van der Waals surface area contributed by atoms with Crippen LogP contribution >= 0.6 is 35.3 Å². The van der Waals surface area contributed by atoms with Crippen molar-refractivity contribution in [1.29, 1.82) is 0 Å². The number of anilines is 1. The number of benzene rings is 1. The van der Waals surface area contributed by atoms with Gasteiger partial charge in [-0.1, -0.05) is 35.1 Å². The average Bonchev–Trinajstić information content (AvgIpc) is 3.04. The standard InChI is InChI=1S/C15H17ClN4O2S.ClH/c1-22-15(5-7-17-8-6-15)13(21)18-14-20-19-12(23-14)10-3-2-4-11(16)9-10;/h2-4,9,17H,5-8H2,1H3,(H,18,20,21);1H. The van der Waals surface area contributed by atoms with Crippen molar-refractivity contribution < 1.29 is 9.53 Å². The number of carbonyl (C=O) groups is 1. The van der Waals surface area contributed by atoms with Gasteiger partial charge in [0.2, 0.25) is 5.13 Å². The molecule has 0 atom stereocenters. The third-order valence-corrected chi connectivity index (χ3v) is 5.06. The molecule has 0 saturated carbocycles. The van der Waals surface area contributed by atoms with Crippen molar-refractivity contribution in [2.75, 3.05) is 25.5 Å². The van der Waals surface area contributed by atoms with E-state index in [9.17, 15) is 4.79 Å². The fourth-order valence-corrected chi connectivity index (χ4v) is 3.50. The molecule has 130 valence electrons. The van der Waals surface area contributed by atoms with E-state index in [-0.39, 0.29) is 18.3 Å². The van der Waals surface area contributed by atoms with Gasteiger partial charge in [0.1, 0.15) is 10.6 Å². The lowest BCUT2D eigenvalue weighted by Crippen LogP contribution is -2.51. The summed E-state index contributed by atoms with van der Waals surface area (Å²) in [5, 5.41) is 16.0. The summed E-state index contributed by atoms with van der Waals surface area (Å²) in [5.74, 6) is -0.171. The highest BCUT2D eigenvalue weighted by atomic mass is 35.5. The van der Waals surface area contributed by atoms with Crippen molar-refractivity contribution >= 4 is 46.4 Å². The molecule has 9 heteroatoms. The molecule has 1 fully saturated rings. The van der Waals surface area contributed by atoms with Gasteiger partial charge in [0, 0.05) is 17.7 Å². The minimum absolute atomic E-state index is 0. The minimum atomic E-state index is -0.798. The zero-order valence-electron chi connectivity index (χ0n) is 13.0. The van der Waals surface area contributed by atoms with Gasteiger partial charge in [-0.25, -0.2) is 0 Å². The molecule has 1 aliphatic rings. The number of ether oxygens (including phenoxy) is 1. The highest BCUT2D eigenvalue weighted by Gasteiger charge is 2.40. The Balaban J connectivity index is 0.00000208. The summed E-state index contributed by atoms with van der Waals surface area (Å²) in [6, 6.07) is 7.37. The van der Waals surface area contributed by atoms with E-state index >= 15 is 0 Å². The Labute approximate surface area is 155 Å². The Morgan fingerprint density at radius 3 is 2.79 bits per heavy atom. The van der Waals surface area contributed by atoms with Crippen LogP contribution in [0, 0.1) is 0 Å². The van der Waals surface area contributed by atoms with Gasteiger partial charge in [-0.05, 0) is 38.1 Å². The molecule has 1 amide bonds. The van der Waals surface area contributed by atoms with Crippen molar-refractivity contribution in [2.45, 2.75) is 18.4 Å². The van der Waals surface area contributed by atoms with Gasteiger partial charge in [-0.2, -0.15) is 0 Å². The number of carbonyl (C=O) groups excluding carboxylic acids is 1. The molecule has 1 aromatic carbocycles. The smallest absolute Gasteiger partial charge is 0.258 e. The Morgan fingerprint density at radius 1 is 1.38 bits per heavy atom. The first kappa shape index (κ1) is 19.1. The zero-order chi connectivity index (χ0) is 16.3. The number of aromatic nitrogens is 2. The van der Waals surface area contributed by atoms with E-state index in [0.29, 0.717) is 28.0 Å². The molecule has 0 aliphatic carbocycles. The highest BCUT2D eigenvalue weighted by molar-refractivity contribution is 7.18. The van der Waals surface area contributed by atoms with Gasteiger partial charge in [0.05, 0.1) is 0 Å². The second-order valence-corrected chi connectivity index (χ2v) is 6.74. The van der Waals surface area contributed by atoms with Gasteiger partial charge in [0.25, 0.3) is 5.91 Å². The molecule has 1 saturated heterocycles. The first-order valence-corrected chi connectivity index (χ1v) is 8.49. The first-order chi connectivity index (χ1) is 11.1. The molecule has 0 spiro atoms. The molecule has 2 heterocycles. The zero-order valence-corrected chi connectivity index (χ0v) is 15.4. The van der Waals surface area contributed by atoms with Crippen LogP contribution in [0.15, 0.2) is 24.3 Å². The Hall–Kier alpha value is -1.25. The van der Waals surface area contributed by atoms with Crippen LogP contribution in [0.2, 0.25) is 5.02 Å². The summed E-state index contributed by atoms with van der Waals surface area (Å²) in [6.45, 7) is 1.51. The predicted molar refractivity (Wildman–Crippen MR) is 98.1 cm³/mol. The topological polar surface area (TPSA) is 76.1 Å². The fraction of sp³-hybridized carbons (Fsp3) is 0.400. The molecule has 24 heavy (non-hydrogen) atoms. The van der Waals surface area contributed by atoms with Crippen LogP contribution in [-0.4, -0.2) is 41.9 Å². The molecule has 2 N–H and O–H groups in total. The van der Waals surface area contributed by atoms with Crippen LogP contribution in [0.5, 0.6) is 0 Å². The van der Waals surface area contributed by atoms with Crippen LogP contribution in [-0.2, 0) is 9.53 Å². The summed E-state index contributed by atoms with van der Waals surface area (Å²) >= 11 is 7.30. The number of halogens is 2. The van der Waals surface area contributed by atoms with Crippen molar-refractivity contribution in [1.82, 2.24) is 15.5 Å². The van der Waals surface area contributed by atoms with Gasteiger partial charge in [-0.15, -0.1) is 22.6 Å². The van der Waals surface area contributed by atoms with Crippen LogP contribution < -0.4 is 10.6 Å². The predicted octanol–water partition coefficient (Wildman–Crippen LogP) is 2.99. The summed E-state index contributed by atoms with van der Waals surface area (Å²) in [5.41, 5.74) is 0.0754. The van der Waals surface area contributed by atoms with Crippen LogP contribution in [0.1, 0.15) is 12.8 Å². The van der Waals surface area contributed by atoms with Gasteiger partial charge in [-0.3, -0.25) is 10.1 Å².